The highest BCUT2D eigenvalue weighted by Gasteiger charge is 2.18. The molecule has 2 aromatic carbocycles. The number of benzene rings is 2. The lowest BCUT2D eigenvalue weighted by Crippen LogP contribution is -2.37. The third kappa shape index (κ3) is 5.01. The van der Waals surface area contributed by atoms with Gasteiger partial charge in [0, 0.05) is 17.3 Å². The van der Waals surface area contributed by atoms with Crippen LogP contribution < -0.4 is 20.1 Å². The first-order valence-corrected chi connectivity index (χ1v) is 9.90. The monoisotopic (exact) mass is 456 g/mol. The summed E-state index contributed by atoms with van der Waals surface area (Å²) < 4.78 is 21.2. The molecule has 0 saturated heterocycles. The third-order valence-electron chi connectivity index (χ3n) is 4.33. The minimum Gasteiger partial charge on any atom is -0.486 e. The molecule has 0 radical (unpaired) electrons. The number of ether oxygens (including phenoxy) is 3. The van der Waals surface area contributed by atoms with Gasteiger partial charge in [-0.25, -0.2) is 9.59 Å². The summed E-state index contributed by atoms with van der Waals surface area (Å²) in [7, 11) is 0. The Kier molecular flexibility index (Phi) is 6.27. The minimum atomic E-state index is -0.856. The number of esters is 1. The molecule has 0 aliphatic carbocycles. The lowest BCUT2D eigenvalue weighted by molar-refractivity contribution is -0.123. The Hall–Kier alpha value is -3.98. The number of carbonyl (C=O) groups excluding carboxylic acids is 3. The molecule has 2 N–H and O–H groups in total. The fourth-order valence-corrected chi connectivity index (χ4v) is 3.13. The molecule has 164 valence electrons. The molecule has 4 rings (SSSR count). The van der Waals surface area contributed by atoms with Crippen LogP contribution in [0.3, 0.4) is 0 Å². The molecule has 0 unspecified atom stereocenters. The van der Waals surface area contributed by atoms with Gasteiger partial charge in [-0.15, -0.1) is 0 Å². The molecule has 3 aromatic rings. The van der Waals surface area contributed by atoms with Crippen LogP contribution in [0.5, 0.6) is 11.5 Å². The summed E-state index contributed by atoms with van der Waals surface area (Å²) >= 11 is 6.11. The van der Waals surface area contributed by atoms with E-state index < -0.39 is 24.5 Å². The van der Waals surface area contributed by atoms with Gasteiger partial charge >= 0.3 is 12.0 Å². The van der Waals surface area contributed by atoms with E-state index in [4.69, 9.17) is 30.2 Å². The number of carbonyl (C=O) groups is 3. The summed E-state index contributed by atoms with van der Waals surface area (Å²) in [5.74, 6) is -0.332. The number of hydrogen-bond acceptors (Lipinski definition) is 7. The van der Waals surface area contributed by atoms with Gasteiger partial charge in [0.15, 0.2) is 18.1 Å². The highest BCUT2D eigenvalue weighted by atomic mass is 35.5. The number of hydrogen-bond donors (Lipinski definition) is 2. The molecule has 0 saturated carbocycles. The Morgan fingerprint density at radius 3 is 2.56 bits per heavy atom. The quantitative estimate of drug-likeness (QED) is 0.559. The SMILES string of the molecule is O=C(COC(=O)c1ccc(-c2ccccc2Cl)o1)NC(=O)Nc1ccc2c(c1)OCCO2. The van der Waals surface area contributed by atoms with Gasteiger partial charge in [-0.1, -0.05) is 23.7 Å². The van der Waals surface area contributed by atoms with Crippen LogP contribution in [0.1, 0.15) is 10.6 Å². The topological polar surface area (TPSA) is 116 Å². The van der Waals surface area contributed by atoms with Crippen LogP contribution in [0.15, 0.2) is 59.0 Å². The normalized spacial score (nSPS) is 12.0. The zero-order valence-electron chi connectivity index (χ0n) is 16.6. The molecule has 0 spiro atoms. The van der Waals surface area contributed by atoms with E-state index in [-0.39, 0.29) is 5.76 Å². The second-order valence-electron chi connectivity index (χ2n) is 6.58. The molecule has 3 amide bonds. The molecule has 32 heavy (non-hydrogen) atoms. The van der Waals surface area contributed by atoms with Crippen molar-refractivity contribution in [2.75, 3.05) is 25.1 Å². The van der Waals surface area contributed by atoms with Crippen molar-refractivity contribution in [2.24, 2.45) is 0 Å². The van der Waals surface area contributed by atoms with Crippen molar-refractivity contribution in [1.82, 2.24) is 5.32 Å². The lowest BCUT2D eigenvalue weighted by Gasteiger charge is -2.19. The van der Waals surface area contributed by atoms with E-state index in [1.807, 2.05) is 0 Å². The van der Waals surface area contributed by atoms with Crippen molar-refractivity contribution in [1.29, 1.82) is 0 Å². The Labute approximate surface area is 187 Å². The largest absolute Gasteiger partial charge is 0.486 e. The van der Waals surface area contributed by atoms with E-state index in [9.17, 15) is 14.4 Å². The first-order chi connectivity index (χ1) is 15.5. The molecule has 0 fully saturated rings. The summed E-state index contributed by atoms with van der Waals surface area (Å²) in [4.78, 5) is 36.1. The van der Waals surface area contributed by atoms with Gasteiger partial charge in [-0.3, -0.25) is 10.1 Å². The smallest absolute Gasteiger partial charge is 0.374 e. The number of halogens is 1. The zero-order valence-corrected chi connectivity index (χ0v) is 17.3. The maximum Gasteiger partial charge on any atom is 0.374 e. The molecule has 1 aromatic heterocycles. The van der Waals surface area contributed by atoms with Crippen molar-refractivity contribution in [3.63, 3.8) is 0 Å². The van der Waals surface area contributed by atoms with E-state index in [0.717, 1.165) is 0 Å². The Morgan fingerprint density at radius 2 is 1.75 bits per heavy atom. The summed E-state index contributed by atoms with van der Waals surface area (Å²) in [6, 6.07) is 14.0. The van der Waals surface area contributed by atoms with Crippen LogP contribution in [0.4, 0.5) is 10.5 Å². The lowest BCUT2D eigenvalue weighted by atomic mass is 10.2. The summed E-state index contributed by atoms with van der Waals surface area (Å²) in [6.07, 6.45) is 0. The van der Waals surface area contributed by atoms with Crippen molar-refractivity contribution >= 4 is 35.2 Å². The van der Waals surface area contributed by atoms with Gasteiger partial charge in [0.05, 0.1) is 5.02 Å². The van der Waals surface area contributed by atoms with E-state index in [1.165, 1.54) is 6.07 Å². The van der Waals surface area contributed by atoms with Gasteiger partial charge in [-0.2, -0.15) is 0 Å². The first-order valence-electron chi connectivity index (χ1n) is 9.52. The average molecular weight is 457 g/mol. The molecule has 1 aliphatic heterocycles. The third-order valence-corrected chi connectivity index (χ3v) is 4.66. The molecule has 1 aliphatic rings. The van der Waals surface area contributed by atoms with Crippen LogP contribution in [0.25, 0.3) is 11.3 Å². The van der Waals surface area contributed by atoms with E-state index in [0.29, 0.717) is 46.7 Å². The molecule has 0 bridgehead atoms. The fraction of sp³-hybridized carbons (Fsp3) is 0.136. The second-order valence-corrected chi connectivity index (χ2v) is 6.99. The molecule has 0 atom stereocenters. The average Bonchev–Trinajstić information content (AvgIpc) is 3.28. The predicted octanol–water partition coefficient (Wildman–Crippen LogP) is 3.88. The standard InChI is InChI=1S/C22H17ClN2O7/c23-15-4-2-1-3-14(15)16-7-8-18(32-16)21(27)31-12-20(26)25-22(28)24-13-5-6-17-19(11-13)30-10-9-29-17/h1-8,11H,9-10,12H2,(H2,24,25,26,28). The summed E-state index contributed by atoms with van der Waals surface area (Å²) in [6.45, 7) is 0.185. The molecule has 10 heteroatoms. The maximum absolute atomic E-state index is 12.1. The Bertz CT molecular complexity index is 1170. The molecule has 2 heterocycles. The maximum atomic E-state index is 12.1. The van der Waals surface area contributed by atoms with Crippen LogP contribution in [0.2, 0.25) is 5.02 Å². The number of rotatable bonds is 5. The van der Waals surface area contributed by atoms with Gasteiger partial charge in [0.1, 0.15) is 19.0 Å². The highest BCUT2D eigenvalue weighted by Crippen LogP contribution is 2.32. The van der Waals surface area contributed by atoms with Crippen molar-refractivity contribution in [3.8, 4) is 22.8 Å². The second kappa shape index (κ2) is 9.44. The van der Waals surface area contributed by atoms with Gasteiger partial charge in [-0.05, 0) is 36.4 Å². The van der Waals surface area contributed by atoms with Gasteiger partial charge < -0.3 is 23.9 Å². The highest BCUT2D eigenvalue weighted by molar-refractivity contribution is 6.33. The fourth-order valence-electron chi connectivity index (χ4n) is 2.90. The molecular formula is C22H17ClN2O7. The Balaban J connectivity index is 1.27. The van der Waals surface area contributed by atoms with Crippen LogP contribution in [-0.2, 0) is 9.53 Å². The van der Waals surface area contributed by atoms with Crippen molar-refractivity contribution in [2.45, 2.75) is 0 Å². The number of imide groups is 1. The number of nitrogens with one attached hydrogen (secondary N) is 2. The number of anilines is 1. The molecule has 9 nitrogen and oxygen atoms in total. The number of furan rings is 1. The van der Waals surface area contributed by atoms with Gasteiger partial charge in [0.2, 0.25) is 5.76 Å². The minimum absolute atomic E-state index is 0.103. The number of urea groups is 1. The van der Waals surface area contributed by atoms with Crippen molar-refractivity contribution in [3.05, 3.63) is 65.4 Å². The van der Waals surface area contributed by atoms with E-state index in [1.54, 1.807) is 48.5 Å². The Morgan fingerprint density at radius 1 is 0.969 bits per heavy atom. The van der Waals surface area contributed by atoms with Crippen molar-refractivity contribution < 1.29 is 33.0 Å². The summed E-state index contributed by atoms with van der Waals surface area (Å²) in [5, 5.41) is 5.02. The number of fused-ring (bicyclic) bond motifs is 1. The van der Waals surface area contributed by atoms with Crippen LogP contribution in [-0.4, -0.2) is 37.7 Å². The molecular weight excluding hydrogens is 440 g/mol. The first kappa shape index (κ1) is 21.3. The predicted molar refractivity (Wildman–Crippen MR) is 114 cm³/mol. The van der Waals surface area contributed by atoms with Gasteiger partial charge in [0.25, 0.3) is 5.91 Å². The van der Waals surface area contributed by atoms with E-state index in [2.05, 4.69) is 10.6 Å². The van der Waals surface area contributed by atoms with Crippen LogP contribution >= 0.6 is 11.6 Å². The van der Waals surface area contributed by atoms with E-state index >= 15 is 0 Å². The summed E-state index contributed by atoms with van der Waals surface area (Å²) in [5.41, 5.74) is 1.01. The van der Waals surface area contributed by atoms with Crippen LogP contribution in [0, 0.1) is 0 Å². The number of amides is 3. The zero-order chi connectivity index (χ0) is 22.5.